The van der Waals surface area contributed by atoms with Gasteiger partial charge < -0.3 is 33.2 Å². The van der Waals surface area contributed by atoms with Crippen LogP contribution in [0.25, 0.3) is 24.3 Å². The second-order valence-electron chi connectivity index (χ2n) is 9.05. The molecule has 0 bridgehead atoms. The first-order valence-electron chi connectivity index (χ1n) is 13.3. The number of hydrogen-bond acceptors (Lipinski definition) is 7. The standard InChI is InChI=1S/C18H19BrO4.C17H17BrO3/c1-20-14-7-12(8-15(10-14)21-2)5-6-13-9-16(22-3)11-17(23-4)18(13)19;1-19-14-8-5-12(6-9-14)4-7-13-10-15(20-2)11-16(21-3)17(13)18/h5-11H,1-4H3;4-11H,1-3H3/b6-5+;7-4+. The topological polar surface area (TPSA) is 64.6 Å². The van der Waals surface area contributed by atoms with Gasteiger partial charge in [-0.3, -0.25) is 0 Å². The highest BCUT2D eigenvalue weighted by Crippen LogP contribution is 2.36. The van der Waals surface area contributed by atoms with Crippen LogP contribution in [0.1, 0.15) is 22.3 Å². The Balaban J connectivity index is 0.000000241. The molecule has 4 rings (SSSR count). The molecule has 44 heavy (non-hydrogen) atoms. The fourth-order valence-corrected chi connectivity index (χ4v) is 5.02. The average Bonchev–Trinajstić information content (AvgIpc) is 3.07. The summed E-state index contributed by atoms with van der Waals surface area (Å²) in [5.41, 5.74) is 3.99. The lowest BCUT2D eigenvalue weighted by Crippen LogP contribution is -1.91. The van der Waals surface area contributed by atoms with E-state index < -0.39 is 0 Å². The van der Waals surface area contributed by atoms with Gasteiger partial charge in [-0.15, -0.1) is 0 Å². The lowest BCUT2D eigenvalue weighted by atomic mass is 10.1. The molecule has 0 amide bonds. The molecule has 0 atom stereocenters. The zero-order valence-corrected chi connectivity index (χ0v) is 28.9. The first-order chi connectivity index (χ1) is 21.3. The summed E-state index contributed by atoms with van der Waals surface area (Å²) in [6.07, 6.45) is 7.99. The number of hydrogen-bond donors (Lipinski definition) is 0. The van der Waals surface area contributed by atoms with Gasteiger partial charge in [0.25, 0.3) is 0 Å². The lowest BCUT2D eigenvalue weighted by molar-refractivity contribution is 0.392. The van der Waals surface area contributed by atoms with Gasteiger partial charge in [-0.05, 0) is 90.5 Å². The van der Waals surface area contributed by atoms with Crippen molar-refractivity contribution < 1.29 is 33.2 Å². The molecule has 0 fully saturated rings. The molecule has 0 aliphatic heterocycles. The zero-order chi connectivity index (χ0) is 32.1. The van der Waals surface area contributed by atoms with Gasteiger partial charge in [0.15, 0.2) is 0 Å². The van der Waals surface area contributed by atoms with Crippen LogP contribution in [0.3, 0.4) is 0 Å². The van der Waals surface area contributed by atoms with E-state index in [1.807, 2.05) is 91.0 Å². The number of benzene rings is 4. The van der Waals surface area contributed by atoms with Gasteiger partial charge in [0.1, 0.15) is 40.2 Å². The minimum atomic E-state index is 0.715. The van der Waals surface area contributed by atoms with Crippen LogP contribution in [0.5, 0.6) is 40.2 Å². The van der Waals surface area contributed by atoms with Crippen LogP contribution >= 0.6 is 31.9 Å². The molecule has 0 heterocycles. The lowest BCUT2D eigenvalue weighted by Gasteiger charge is -2.10. The number of methoxy groups -OCH3 is 7. The highest BCUT2D eigenvalue weighted by Gasteiger charge is 2.09. The fourth-order valence-electron chi connectivity index (χ4n) is 3.97. The van der Waals surface area contributed by atoms with Gasteiger partial charge in [-0.2, -0.15) is 0 Å². The maximum absolute atomic E-state index is 5.35. The Morgan fingerprint density at radius 1 is 0.386 bits per heavy atom. The first-order valence-corrected chi connectivity index (χ1v) is 14.9. The van der Waals surface area contributed by atoms with Crippen molar-refractivity contribution in [2.24, 2.45) is 0 Å². The maximum atomic E-state index is 5.35. The van der Waals surface area contributed by atoms with Gasteiger partial charge in [0, 0.05) is 18.2 Å². The molecule has 4 aromatic carbocycles. The van der Waals surface area contributed by atoms with E-state index in [1.165, 1.54) is 0 Å². The Hall–Kier alpha value is -4.08. The van der Waals surface area contributed by atoms with Crippen molar-refractivity contribution in [1.82, 2.24) is 0 Å². The van der Waals surface area contributed by atoms with Crippen molar-refractivity contribution in [1.29, 1.82) is 0 Å². The van der Waals surface area contributed by atoms with Crippen molar-refractivity contribution in [2.45, 2.75) is 0 Å². The SMILES string of the molecule is COc1cc(/C=C/c2cc(OC)cc(OC)c2Br)cc(OC)c1.COc1ccc(/C=C/c2cc(OC)cc(OC)c2Br)cc1. The molecular formula is C35H36Br2O7. The molecule has 0 N–H and O–H groups in total. The summed E-state index contributed by atoms with van der Waals surface area (Å²) in [7, 11) is 11.4. The molecule has 0 radical (unpaired) electrons. The van der Waals surface area contributed by atoms with Crippen LogP contribution in [0.15, 0.2) is 75.7 Å². The quantitative estimate of drug-likeness (QED) is 0.143. The molecule has 4 aromatic rings. The Labute approximate surface area is 276 Å². The van der Waals surface area contributed by atoms with E-state index in [1.54, 1.807) is 49.8 Å². The summed E-state index contributed by atoms with van der Waals surface area (Å²) < 4.78 is 38.8. The third-order valence-electron chi connectivity index (χ3n) is 6.39. The van der Waals surface area contributed by atoms with E-state index >= 15 is 0 Å². The van der Waals surface area contributed by atoms with Gasteiger partial charge in [0.2, 0.25) is 0 Å². The predicted molar refractivity (Wildman–Crippen MR) is 185 cm³/mol. The monoisotopic (exact) mass is 726 g/mol. The van der Waals surface area contributed by atoms with Crippen molar-refractivity contribution in [3.05, 3.63) is 97.9 Å². The summed E-state index contributed by atoms with van der Waals surface area (Å²) in [6.45, 7) is 0. The summed E-state index contributed by atoms with van der Waals surface area (Å²) in [5, 5.41) is 0. The summed E-state index contributed by atoms with van der Waals surface area (Å²) >= 11 is 7.10. The second-order valence-corrected chi connectivity index (χ2v) is 10.6. The minimum Gasteiger partial charge on any atom is -0.497 e. The van der Waals surface area contributed by atoms with E-state index in [-0.39, 0.29) is 0 Å². The van der Waals surface area contributed by atoms with Crippen molar-refractivity contribution in [2.75, 3.05) is 49.8 Å². The molecule has 9 heteroatoms. The van der Waals surface area contributed by atoms with Crippen LogP contribution in [0.2, 0.25) is 0 Å². The van der Waals surface area contributed by atoms with Crippen LogP contribution in [0.4, 0.5) is 0 Å². The van der Waals surface area contributed by atoms with E-state index in [4.69, 9.17) is 33.2 Å². The highest BCUT2D eigenvalue weighted by atomic mass is 79.9. The van der Waals surface area contributed by atoms with E-state index in [9.17, 15) is 0 Å². The smallest absolute Gasteiger partial charge is 0.137 e. The van der Waals surface area contributed by atoms with Gasteiger partial charge in [-0.25, -0.2) is 0 Å². The largest absolute Gasteiger partial charge is 0.497 e. The van der Waals surface area contributed by atoms with Gasteiger partial charge >= 0.3 is 0 Å². The fraction of sp³-hybridized carbons (Fsp3) is 0.200. The average molecular weight is 728 g/mol. The Kier molecular flexibility index (Phi) is 13.5. The molecule has 0 spiro atoms. The molecule has 0 aliphatic carbocycles. The molecule has 0 saturated heterocycles. The third-order valence-corrected chi connectivity index (χ3v) is 8.09. The Morgan fingerprint density at radius 3 is 1.16 bits per heavy atom. The van der Waals surface area contributed by atoms with Crippen LogP contribution in [-0.2, 0) is 0 Å². The molecular weight excluding hydrogens is 692 g/mol. The first kappa shape index (κ1) is 34.4. The highest BCUT2D eigenvalue weighted by molar-refractivity contribution is 9.11. The molecule has 7 nitrogen and oxygen atoms in total. The molecule has 0 aromatic heterocycles. The van der Waals surface area contributed by atoms with Gasteiger partial charge in [0.05, 0.1) is 58.7 Å². The number of ether oxygens (including phenoxy) is 7. The number of halogens is 2. The predicted octanol–water partition coefficient (Wildman–Crippen LogP) is 9.30. The van der Waals surface area contributed by atoms with Crippen molar-refractivity contribution in [3.63, 3.8) is 0 Å². The minimum absolute atomic E-state index is 0.715. The van der Waals surface area contributed by atoms with Crippen LogP contribution < -0.4 is 33.2 Å². The Bertz CT molecular complexity index is 1560. The van der Waals surface area contributed by atoms with Crippen molar-refractivity contribution in [3.8, 4) is 40.2 Å². The van der Waals surface area contributed by atoms with Gasteiger partial charge in [-0.1, -0.05) is 36.4 Å². The summed E-state index contributed by atoms with van der Waals surface area (Å²) in [5.74, 6) is 5.27. The van der Waals surface area contributed by atoms with Crippen LogP contribution in [-0.4, -0.2) is 49.8 Å². The second kappa shape index (κ2) is 17.3. The van der Waals surface area contributed by atoms with E-state index in [0.29, 0.717) is 5.75 Å². The van der Waals surface area contributed by atoms with Crippen molar-refractivity contribution >= 4 is 56.2 Å². The third kappa shape index (κ3) is 9.46. The maximum Gasteiger partial charge on any atom is 0.137 e. The van der Waals surface area contributed by atoms with E-state index in [2.05, 4.69) is 31.9 Å². The normalized spacial score (nSPS) is 10.7. The molecule has 232 valence electrons. The molecule has 0 saturated carbocycles. The number of rotatable bonds is 11. The van der Waals surface area contributed by atoms with E-state index in [0.717, 1.165) is 65.7 Å². The Morgan fingerprint density at radius 2 is 0.773 bits per heavy atom. The molecule has 0 aliphatic rings. The molecule has 0 unspecified atom stereocenters. The zero-order valence-electron chi connectivity index (χ0n) is 25.8. The summed E-state index contributed by atoms with van der Waals surface area (Å²) in [4.78, 5) is 0. The summed E-state index contributed by atoms with van der Waals surface area (Å²) in [6, 6.07) is 21.1. The van der Waals surface area contributed by atoms with Crippen LogP contribution in [0, 0.1) is 0 Å².